The van der Waals surface area contributed by atoms with E-state index >= 15 is 0 Å². The Kier molecular flexibility index (Phi) is 3.74. The molecule has 0 aromatic carbocycles. The average molecular weight is 251 g/mol. The summed E-state index contributed by atoms with van der Waals surface area (Å²) in [6.07, 6.45) is -4.73. The topological polar surface area (TPSA) is 57.0 Å². The smallest absolute Gasteiger partial charge is 0.437 e. The highest BCUT2D eigenvalue weighted by atomic mass is 19.4. The number of rotatable bonds is 3. The summed E-state index contributed by atoms with van der Waals surface area (Å²) in [5.74, 6) is -1.12. The zero-order valence-electron chi connectivity index (χ0n) is 9.58. The van der Waals surface area contributed by atoms with Crippen molar-refractivity contribution in [3.8, 4) is 0 Å². The molecule has 0 unspecified atom stereocenters. The number of aromatic nitrogens is 3. The molecule has 0 N–H and O–H groups in total. The number of hydrogen-bond acceptors (Lipinski definition) is 4. The molecular formula is C9H12F3N3O2. The highest BCUT2D eigenvalue weighted by Crippen LogP contribution is 2.30. The number of halogens is 3. The van der Waals surface area contributed by atoms with Crippen molar-refractivity contribution in [2.75, 3.05) is 6.61 Å². The predicted octanol–water partition coefficient (Wildman–Crippen LogP) is 2.05. The van der Waals surface area contributed by atoms with Gasteiger partial charge in [-0.05, 0) is 20.8 Å². The molecule has 0 spiro atoms. The van der Waals surface area contributed by atoms with Crippen LogP contribution in [0.15, 0.2) is 0 Å². The van der Waals surface area contributed by atoms with Gasteiger partial charge in [-0.1, -0.05) is 0 Å². The molecular weight excluding hydrogens is 239 g/mol. The molecule has 0 aliphatic carbocycles. The lowest BCUT2D eigenvalue weighted by molar-refractivity contribution is -0.142. The normalized spacial score (nSPS) is 11.9. The van der Waals surface area contributed by atoms with Crippen LogP contribution in [-0.2, 0) is 10.9 Å². The van der Waals surface area contributed by atoms with Crippen LogP contribution in [0.4, 0.5) is 13.2 Å². The maximum Gasteiger partial charge on any atom is 0.437 e. The van der Waals surface area contributed by atoms with Crippen LogP contribution in [0.1, 0.15) is 43.0 Å². The van der Waals surface area contributed by atoms with Gasteiger partial charge in [0.1, 0.15) is 0 Å². The molecule has 8 heteroatoms. The van der Waals surface area contributed by atoms with E-state index in [9.17, 15) is 18.0 Å². The molecule has 5 nitrogen and oxygen atoms in total. The van der Waals surface area contributed by atoms with Crippen molar-refractivity contribution < 1.29 is 22.7 Å². The van der Waals surface area contributed by atoms with E-state index in [1.807, 2.05) is 0 Å². The van der Waals surface area contributed by atoms with E-state index in [-0.39, 0.29) is 12.6 Å². The monoisotopic (exact) mass is 251 g/mol. The van der Waals surface area contributed by atoms with Gasteiger partial charge in [0.2, 0.25) is 11.4 Å². The first kappa shape index (κ1) is 13.5. The Hall–Kier alpha value is -1.60. The van der Waals surface area contributed by atoms with Gasteiger partial charge in [-0.3, -0.25) is 0 Å². The molecule has 0 radical (unpaired) electrons. The van der Waals surface area contributed by atoms with Crippen LogP contribution in [-0.4, -0.2) is 27.6 Å². The van der Waals surface area contributed by atoms with E-state index in [1.54, 1.807) is 13.8 Å². The van der Waals surface area contributed by atoms with Crippen LogP contribution in [0.5, 0.6) is 0 Å². The minimum absolute atomic E-state index is 0.0231. The number of carbonyl (C=O) groups excluding carboxylic acids is 1. The minimum Gasteiger partial charge on any atom is -0.461 e. The quantitative estimate of drug-likeness (QED) is 0.771. The van der Waals surface area contributed by atoms with E-state index < -0.39 is 23.5 Å². The SMILES string of the molecule is CCOC(=O)c1nn(C(C)C)nc1C(F)(F)F. The lowest BCUT2D eigenvalue weighted by atomic mass is 10.3. The minimum atomic E-state index is -4.73. The van der Waals surface area contributed by atoms with Crippen molar-refractivity contribution in [3.63, 3.8) is 0 Å². The fraction of sp³-hybridized carbons (Fsp3) is 0.667. The molecule has 0 atom stereocenters. The molecule has 0 amide bonds. The Labute approximate surface area is 95.6 Å². The third-order valence-electron chi connectivity index (χ3n) is 1.83. The predicted molar refractivity (Wildman–Crippen MR) is 51.4 cm³/mol. The van der Waals surface area contributed by atoms with Gasteiger partial charge < -0.3 is 4.74 Å². The second-order valence-electron chi connectivity index (χ2n) is 3.53. The molecule has 0 bridgehead atoms. The summed E-state index contributed by atoms with van der Waals surface area (Å²) in [6.45, 7) is 4.69. The summed E-state index contributed by atoms with van der Waals surface area (Å²) in [5.41, 5.74) is -2.11. The van der Waals surface area contributed by atoms with Gasteiger partial charge in [0.05, 0.1) is 12.6 Å². The van der Waals surface area contributed by atoms with Gasteiger partial charge in [-0.25, -0.2) is 4.79 Å². The molecule has 1 rings (SSSR count). The molecule has 96 valence electrons. The summed E-state index contributed by atoms with van der Waals surface area (Å²) < 4.78 is 42.3. The van der Waals surface area contributed by atoms with E-state index in [2.05, 4.69) is 14.9 Å². The van der Waals surface area contributed by atoms with Crippen molar-refractivity contribution in [2.24, 2.45) is 0 Å². The largest absolute Gasteiger partial charge is 0.461 e. The molecule has 0 aliphatic rings. The lowest BCUT2D eigenvalue weighted by Gasteiger charge is -2.03. The zero-order chi connectivity index (χ0) is 13.2. The van der Waals surface area contributed by atoms with Gasteiger partial charge >= 0.3 is 12.1 Å². The first-order chi connectivity index (χ1) is 7.77. The fourth-order valence-electron chi connectivity index (χ4n) is 1.08. The van der Waals surface area contributed by atoms with E-state index in [1.165, 1.54) is 6.92 Å². The van der Waals surface area contributed by atoms with Crippen LogP contribution in [0.3, 0.4) is 0 Å². The van der Waals surface area contributed by atoms with Gasteiger partial charge in [-0.15, -0.1) is 10.2 Å². The Morgan fingerprint density at radius 3 is 2.41 bits per heavy atom. The van der Waals surface area contributed by atoms with Crippen molar-refractivity contribution in [2.45, 2.75) is 33.0 Å². The Bertz CT molecular complexity index is 412. The van der Waals surface area contributed by atoms with Gasteiger partial charge in [0.15, 0.2) is 0 Å². The molecule has 1 aromatic heterocycles. The summed E-state index contributed by atoms with van der Waals surface area (Å²) in [5, 5.41) is 6.77. The van der Waals surface area contributed by atoms with Crippen LogP contribution in [0.25, 0.3) is 0 Å². The summed E-state index contributed by atoms with van der Waals surface area (Å²) in [4.78, 5) is 12.2. The Balaban J connectivity index is 3.22. The van der Waals surface area contributed by atoms with E-state index in [0.29, 0.717) is 0 Å². The third kappa shape index (κ3) is 2.95. The molecule has 0 fully saturated rings. The first-order valence-electron chi connectivity index (χ1n) is 4.98. The van der Waals surface area contributed by atoms with Crippen LogP contribution in [0, 0.1) is 0 Å². The van der Waals surface area contributed by atoms with E-state index in [4.69, 9.17) is 0 Å². The Morgan fingerprint density at radius 2 is 2.00 bits per heavy atom. The molecule has 1 heterocycles. The second kappa shape index (κ2) is 4.72. The fourth-order valence-corrected chi connectivity index (χ4v) is 1.08. The maximum atomic E-state index is 12.6. The summed E-state index contributed by atoms with van der Waals surface area (Å²) in [7, 11) is 0. The van der Waals surface area contributed by atoms with Crippen molar-refractivity contribution >= 4 is 5.97 Å². The molecule has 0 saturated heterocycles. The highest BCUT2D eigenvalue weighted by Gasteiger charge is 2.41. The van der Waals surface area contributed by atoms with Crippen molar-refractivity contribution in [1.29, 1.82) is 0 Å². The molecule has 0 aliphatic heterocycles. The number of ether oxygens (including phenoxy) is 1. The lowest BCUT2D eigenvalue weighted by Crippen LogP contribution is -2.15. The van der Waals surface area contributed by atoms with Gasteiger partial charge in [0.25, 0.3) is 0 Å². The number of nitrogens with zero attached hydrogens (tertiary/aromatic N) is 3. The van der Waals surface area contributed by atoms with Crippen molar-refractivity contribution in [3.05, 3.63) is 11.4 Å². The standard InChI is InChI=1S/C9H12F3N3O2/c1-4-17-8(16)6-7(9(10,11)12)14-15(13-6)5(2)3/h5H,4H2,1-3H3. The number of esters is 1. The number of alkyl halides is 3. The Morgan fingerprint density at radius 1 is 1.41 bits per heavy atom. The van der Waals surface area contributed by atoms with Crippen LogP contribution >= 0.6 is 0 Å². The number of carbonyl (C=O) groups is 1. The van der Waals surface area contributed by atoms with Crippen LogP contribution < -0.4 is 0 Å². The second-order valence-corrected chi connectivity index (χ2v) is 3.53. The van der Waals surface area contributed by atoms with E-state index in [0.717, 1.165) is 4.80 Å². The van der Waals surface area contributed by atoms with Gasteiger partial charge in [-0.2, -0.15) is 18.0 Å². The number of hydrogen-bond donors (Lipinski definition) is 0. The first-order valence-corrected chi connectivity index (χ1v) is 4.98. The van der Waals surface area contributed by atoms with Gasteiger partial charge in [0, 0.05) is 0 Å². The average Bonchev–Trinajstić information content (AvgIpc) is 2.61. The summed E-state index contributed by atoms with van der Waals surface area (Å²) >= 11 is 0. The molecule has 17 heavy (non-hydrogen) atoms. The highest BCUT2D eigenvalue weighted by molar-refractivity contribution is 5.88. The summed E-state index contributed by atoms with van der Waals surface area (Å²) in [6, 6.07) is -0.376. The van der Waals surface area contributed by atoms with Crippen molar-refractivity contribution in [1.82, 2.24) is 15.0 Å². The zero-order valence-corrected chi connectivity index (χ0v) is 9.58. The third-order valence-corrected chi connectivity index (χ3v) is 1.83. The van der Waals surface area contributed by atoms with Crippen LogP contribution in [0.2, 0.25) is 0 Å². The molecule has 1 aromatic rings. The molecule has 0 saturated carbocycles. The maximum absolute atomic E-state index is 12.6.